The van der Waals surface area contributed by atoms with Gasteiger partial charge in [0.1, 0.15) is 0 Å². The lowest BCUT2D eigenvalue weighted by Crippen LogP contribution is -2.35. The van der Waals surface area contributed by atoms with Crippen molar-refractivity contribution in [1.82, 2.24) is 9.80 Å². The molecular weight excluding hydrogens is 328 g/mol. The van der Waals surface area contributed by atoms with E-state index in [4.69, 9.17) is 5.11 Å². The number of carboxylic acid groups (broad SMARTS) is 1. The molecule has 2 saturated heterocycles. The van der Waals surface area contributed by atoms with Crippen molar-refractivity contribution in [1.29, 1.82) is 0 Å². The van der Waals surface area contributed by atoms with Gasteiger partial charge in [-0.15, -0.1) is 12.4 Å². The van der Waals surface area contributed by atoms with E-state index in [1.54, 1.807) is 0 Å². The Bertz CT molecular complexity index is 587. The third-order valence-electron chi connectivity index (χ3n) is 4.85. The standard InChI is InChI=1S/C18H24N2O3.ClH/c21-17(20-8-2-1-3-9-20)15-6-4-5-14(11-15)12-19-10-7-16(13-19)18(22)23;/h4-6,11,16H,1-3,7-10,12-13H2,(H,22,23);1H. The Morgan fingerprint density at radius 1 is 1.12 bits per heavy atom. The summed E-state index contributed by atoms with van der Waals surface area (Å²) in [6.45, 7) is 3.83. The first kappa shape index (κ1) is 18.7. The molecule has 1 aromatic rings. The molecule has 2 aliphatic rings. The van der Waals surface area contributed by atoms with Gasteiger partial charge in [0, 0.05) is 31.7 Å². The van der Waals surface area contributed by atoms with Crippen LogP contribution in [0, 0.1) is 5.92 Å². The number of hydrogen-bond acceptors (Lipinski definition) is 3. The fourth-order valence-corrected chi connectivity index (χ4v) is 3.52. The van der Waals surface area contributed by atoms with Crippen LogP contribution in [0.2, 0.25) is 0 Å². The van der Waals surface area contributed by atoms with Crippen LogP contribution in [0.25, 0.3) is 0 Å². The summed E-state index contributed by atoms with van der Waals surface area (Å²) in [5, 5.41) is 9.08. The van der Waals surface area contributed by atoms with Crippen LogP contribution in [-0.4, -0.2) is 53.0 Å². The number of rotatable bonds is 4. The minimum absolute atomic E-state index is 0. The van der Waals surface area contributed by atoms with E-state index >= 15 is 0 Å². The zero-order chi connectivity index (χ0) is 16.2. The van der Waals surface area contributed by atoms with Gasteiger partial charge in [0.15, 0.2) is 0 Å². The molecule has 3 rings (SSSR count). The molecule has 2 fully saturated rings. The molecule has 1 N–H and O–H groups in total. The highest BCUT2D eigenvalue weighted by Gasteiger charge is 2.28. The van der Waals surface area contributed by atoms with Gasteiger partial charge in [-0.3, -0.25) is 14.5 Å². The number of benzene rings is 1. The quantitative estimate of drug-likeness (QED) is 0.905. The molecule has 0 bridgehead atoms. The van der Waals surface area contributed by atoms with Crippen molar-refractivity contribution < 1.29 is 14.7 Å². The van der Waals surface area contributed by atoms with Crippen LogP contribution in [0.1, 0.15) is 41.6 Å². The normalized spacial score (nSPS) is 21.3. The summed E-state index contributed by atoms with van der Waals surface area (Å²) in [6.07, 6.45) is 4.11. The molecule has 1 amide bonds. The molecule has 132 valence electrons. The minimum atomic E-state index is -0.707. The number of carbonyl (C=O) groups is 2. The number of carbonyl (C=O) groups excluding carboxylic acids is 1. The monoisotopic (exact) mass is 352 g/mol. The van der Waals surface area contributed by atoms with E-state index in [0.29, 0.717) is 19.5 Å². The Morgan fingerprint density at radius 3 is 2.54 bits per heavy atom. The molecular formula is C18H25ClN2O3. The van der Waals surface area contributed by atoms with Crippen molar-refractivity contribution in [3.63, 3.8) is 0 Å². The number of nitrogens with zero attached hydrogens (tertiary/aromatic N) is 2. The minimum Gasteiger partial charge on any atom is -0.481 e. The van der Waals surface area contributed by atoms with Crippen molar-refractivity contribution in [2.45, 2.75) is 32.2 Å². The van der Waals surface area contributed by atoms with Crippen LogP contribution in [0.15, 0.2) is 24.3 Å². The Morgan fingerprint density at radius 2 is 1.88 bits per heavy atom. The van der Waals surface area contributed by atoms with E-state index in [9.17, 15) is 9.59 Å². The van der Waals surface area contributed by atoms with E-state index in [-0.39, 0.29) is 24.2 Å². The zero-order valence-electron chi connectivity index (χ0n) is 13.8. The molecule has 24 heavy (non-hydrogen) atoms. The summed E-state index contributed by atoms with van der Waals surface area (Å²) in [6, 6.07) is 7.79. The average Bonchev–Trinajstić information content (AvgIpc) is 3.04. The third kappa shape index (κ3) is 4.48. The fraction of sp³-hybridized carbons (Fsp3) is 0.556. The van der Waals surface area contributed by atoms with E-state index < -0.39 is 5.97 Å². The summed E-state index contributed by atoms with van der Waals surface area (Å²) >= 11 is 0. The van der Waals surface area contributed by atoms with Crippen molar-refractivity contribution in [3.05, 3.63) is 35.4 Å². The van der Waals surface area contributed by atoms with E-state index in [1.807, 2.05) is 29.2 Å². The van der Waals surface area contributed by atoms with Crippen molar-refractivity contribution in [2.75, 3.05) is 26.2 Å². The maximum Gasteiger partial charge on any atom is 0.307 e. The Balaban J connectivity index is 0.00000208. The van der Waals surface area contributed by atoms with E-state index in [2.05, 4.69) is 4.90 Å². The number of halogens is 1. The first-order valence-corrected chi connectivity index (χ1v) is 8.47. The second-order valence-electron chi connectivity index (χ2n) is 6.61. The highest BCUT2D eigenvalue weighted by molar-refractivity contribution is 5.94. The summed E-state index contributed by atoms with van der Waals surface area (Å²) in [7, 11) is 0. The summed E-state index contributed by atoms with van der Waals surface area (Å²) in [4.78, 5) is 27.7. The van der Waals surface area contributed by atoms with Gasteiger partial charge in [-0.2, -0.15) is 0 Å². The van der Waals surface area contributed by atoms with E-state index in [1.165, 1.54) is 6.42 Å². The smallest absolute Gasteiger partial charge is 0.307 e. The third-order valence-corrected chi connectivity index (χ3v) is 4.85. The van der Waals surface area contributed by atoms with Gasteiger partial charge < -0.3 is 10.0 Å². The number of likely N-dealkylation sites (tertiary alicyclic amines) is 2. The van der Waals surface area contributed by atoms with Crippen LogP contribution in [0.4, 0.5) is 0 Å². The molecule has 0 spiro atoms. The van der Waals surface area contributed by atoms with Crippen molar-refractivity contribution in [2.24, 2.45) is 5.92 Å². The fourth-order valence-electron chi connectivity index (χ4n) is 3.52. The van der Waals surface area contributed by atoms with Crippen LogP contribution < -0.4 is 0 Å². The average molecular weight is 353 g/mol. The molecule has 1 aromatic carbocycles. The SMILES string of the molecule is Cl.O=C(O)C1CCN(Cc2cccc(C(=O)N3CCCCC3)c2)C1. The Kier molecular flexibility index (Phi) is 6.63. The zero-order valence-corrected chi connectivity index (χ0v) is 14.6. The summed E-state index contributed by atoms with van der Waals surface area (Å²) in [5.74, 6) is -0.842. The maximum absolute atomic E-state index is 12.6. The lowest BCUT2D eigenvalue weighted by molar-refractivity contribution is -0.141. The summed E-state index contributed by atoms with van der Waals surface area (Å²) < 4.78 is 0. The Hall–Kier alpha value is -1.59. The molecule has 1 unspecified atom stereocenters. The largest absolute Gasteiger partial charge is 0.481 e. The Labute approximate surface area is 149 Å². The van der Waals surface area contributed by atoms with Gasteiger partial charge in [-0.25, -0.2) is 0 Å². The van der Waals surface area contributed by atoms with Crippen LogP contribution in [0.3, 0.4) is 0 Å². The number of aliphatic carboxylic acids is 1. The molecule has 0 saturated carbocycles. The number of piperidine rings is 1. The topological polar surface area (TPSA) is 60.9 Å². The maximum atomic E-state index is 12.6. The van der Waals surface area contributed by atoms with Gasteiger partial charge in [0.2, 0.25) is 0 Å². The van der Waals surface area contributed by atoms with Gasteiger partial charge in [-0.1, -0.05) is 12.1 Å². The van der Waals surface area contributed by atoms with Crippen LogP contribution in [-0.2, 0) is 11.3 Å². The van der Waals surface area contributed by atoms with Gasteiger partial charge in [0.25, 0.3) is 5.91 Å². The molecule has 2 heterocycles. The molecule has 6 heteroatoms. The second-order valence-corrected chi connectivity index (χ2v) is 6.61. The molecule has 0 aliphatic carbocycles. The lowest BCUT2D eigenvalue weighted by Gasteiger charge is -2.27. The molecule has 1 atom stereocenters. The predicted molar refractivity (Wildman–Crippen MR) is 94.5 cm³/mol. The van der Waals surface area contributed by atoms with Crippen LogP contribution in [0.5, 0.6) is 0 Å². The highest BCUT2D eigenvalue weighted by atomic mass is 35.5. The van der Waals surface area contributed by atoms with Crippen molar-refractivity contribution in [3.8, 4) is 0 Å². The molecule has 0 aromatic heterocycles. The highest BCUT2D eigenvalue weighted by Crippen LogP contribution is 2.20. The van der Waals surface area contributed by atoms with E-state index in [0.717, 1.165) is 43.6 Å². The summed E-state index contributed by atoms with van der Waals surface area (Å²) in [5.41, 5.74) is 1.83. The van der Waals surface area contributed by atoms with Crippen molar-refractivity contribution >= 4 is 24.3 Å². The van der Waals surface area contributed by atoms with Crippen LogP contribution >= 0.6 is 12.4 Å². The first-order valence-electron chi connectivity index (χ1n) is 8.47. The van der Waals surface area contributed by atoms with Gasteiger partial charge >= 0.3 is 5.97 Å². The molecule has 0 radical (unpaired) electrons. The molecule has 5 nitrogen and oxygen atoms in total. The van der Waals surface area contributed by atoms with Gasteiger partial charge in [0.05, 0.1) is 5.92 Å². The first-order chi connectivity index (χ1) is 11.1. The lowest BCUT2D eigenvalue weighted by atomic mass is 10.1. The number of amides is 1. The predicted octanol–water partition coefficient (Wildman–Crippen LogP) is 2.64. The second kappa shape index (κ2) is 8.49. The van der Waals surface area contributed by atoms with Gasteiger partial charge in [-0.05, 0) is 49.9 Å². The number of hydrogen-bond donors (Lipinski definition) is 1. The number of carboxylic acids is 1. The molecule has 2 aliphatic heterocycles.